The van der Waals surface area contributed by atoms with Crippen molar-refractivity contribution in [1.29, 1.82) is 0 Å². The van der Waals surface area contributed by atoms with E-state index >= 15 is 0 Å². The van der Waals surface area contributed by atoms with Gasteiger partial charge in [0, 0.05) is 0 Å². The molecule has 0 amide bonds. The molecule has 0 radical (unpaired) electrons. The summed E-state index contributed by atoms with van der Waals surface area (Å²) in [6.45, 7) is 5.71. The van der Waals surface area contributed by atoms with E-state index in [-0.39, 0.29) is 0 Å². The van der Waals surface area contributed by atoms with E-state index in [9.17, 15) is 9.59 Å². The maximum Gasteiger partial charge on any atom is 0.323 e. The molecule has 98 valence electrons. The molecule has 0 aromatic rings. The quantitative estimate of drug-likeness (QED) is 0.530. The number of hydrogen-bond acceptors (Lipinski definition) is 4. The first kappa shape index (κ1) is 14.0. The van der Waals surface area contributed by atoms with Gasteiger partial charge in [-0.05, 0) is 33.1 Å². The van der Waals surface area contributed by atoms with Crippen molar-refractivity contribution >= 4 is 11.9 Å². The third-order valence-electron chi connectivity index (χ3n) is 3.37. The first-order valence-electron chi connectivity index (χ1n) is 6.39. The van der Waals surface area contributed by atoms with Gasteiger partial charge in [0.2, 0.25) is 0 Å². The maximum absolute atomic E-state index is 11.9. The van der Waals surface area contributed by atoms with Crippen LogP contribution in [0.2, 0.25) is 0 Å². The molecule has 1 rings (SSSR count). The molecule has 0 aromatic carbocycles. The molecule has 0 heterocycles. The molecule has 4 heteroatoms. The Morgan fingerprint density at radius 3 is 1.88 bits per heavy atom. The number of carbonyl (C=O) groups is 2. The molecule has 1 fully saturated rings. The predicted octanol–water partition coefficient (Wildman–Crippen LogP) is 2.31. The summed E-state index contributed by atoms with van der Waals surface area (Å²) < 4.78 is 10.0. The summed E-state index contributed by atoms with van der Waals surface area (Å²) in [6, 6.07) is 0. The van der Waals surface area contributed by atoms with Crippen molar-refractivity contribution in [2.45, 2.75) is 46.5 Å². The topological polar surface area (TPSA) is 52.6 Å². The van der Waals surface area contributed by atoms with E-state index in [0.29, 0.717) is 25.6 Å². The number of ether oxygens (including phenoxy) is 2. The third-order valence-corrected chi connectivity index (χ3v) is 3.37. The second kappa shape index (κ2) is 6.03. The van der Waals surface area contributed by atoms with Crippen LogP contribution in [0.5, 0.6) is 0 Å². The Bertz CT molecular complexity index is 263. The van der Waals surface area contributed by atoms with E-state index in [0.717, 1.165) is 12.8 Å². The van der Waals surface area contributed by atoms with Crippen LogP contribution in [0.3, 0.4) is 0 Å². The zero-order chi connectivity index (χ0) is 12.9. The zero-order valence-corrected chi connectivity index (χ0v) is 11.0. The maximum atomic E-state index is 11.9. The molecular weight excluding hydrogens is 220 g/mol. The van der Waals surface area contributed by atoms with Crippen LogP contribution in [-0.4, -0.2) is 25.2 Å². The lowest BCUT2D eigenvalue weighted by Crippen LogP contribution is -2.42. The van der Waals surface area contributed by atoms with E-state index in [2.05, 4.69) is 0 Å². The summed E-state index contributed by atoms with van der Waals surface area (Å²) in [7, 11) is 0. The van der Waals surface area contributed by atoms with Gasteiger partial charge >= 0.3 is 11.9 Å². The van der Waals surface area contributed by atoms with Crippen LogP contribution >= 0.6 is 0 Å². The van der Waals surface area contributed by atoms with Crippen molar-refractivity contribution in [3.8, 4) is 0 Å². The minimum atomic E-state index is -1.13. The van der Waals surface area contributed by atoms with Gasteiger partial charge in [-0.15, -0.1) is 0 Å². The van der Waals surface area contributed by atoms with Gasteiger partial charge < -0.3 is 9.47 Å². The van der Waals surface area contributed by atoms with Crippen LogP contribution in [0.25, 0.3) is 0 Å². The molecule has 4 nitrogen and oxygen atoms in total. The van der Waals surface area contributed by atoms with Gasteiger partial charge in [0.1, 0.15) is 0 Å². The Kier molecular flexibility index (Phi) is 4.97. The molecule has 1 aliphatic rings. The number of esters is 2. The summed E-state index contributed by atoms with van der Waals surface area (Å²) in [5, 5.41) is 0. The SMILES string of the molecule is CCOC(=O)C(C)(CC1CCC1)C(=O)OCC. The van der Waals surface area contributed by atoms with E-state index in [4.69, 9.17) is 9.47 Å². The second-order valence-corrected chi connectivity index (χ2v) is 4.77. The van der Waals surface area contributed by atoms with Crippen molar-refractivity contribution in [3.63, 3.8) is 0 Å². The van der Waals surface area contributed by atoms with Crippen LogP contribution in [0.1, 0.15) is 46.5 Å². The van der Waals surface area contributed by atoms with Crippen molar-refractivity contribution < 1.29 is 19.1 Å². The number of hydrogen-bond donors (Lipinski definition) is 0. The number of carbonyl (C=O) groups excluding carboxylic acids is 2. The van der Waals surface area contributed by atoms with Gasteiger partial charge in [0.15, 0.2) is 5.41 Å². The van der Waals surface area contributed by atoms with Gasteiger partial charge in [0.25, 0.3) is 0 Å². The van der Waals surface area contributed by atoms with Gasteiger partial charge in [-0.25, -0.2) is 0 Å². The lowest BCUT2D eigenvalue weighted by atomic mass is 9.72. The van der Waals surface area contributed by atoms with Crippen LogP contribution < -0.4 is 0 Å². The Morgan fingerprint density at radius 2 is 1.59 bits per heavy atom. The van der Waals surface area contributed by atoms with Gasteiger partial charge in [0.05, 0.1) is 13.2 Å². The summed E-state index contributed by atoms with van der Waals surface area (Å²) in [5.74, 6) is -0.454. The molecule has 0 aromatic heterocycles. The Morgan fingerprint density at radius 1 is 1.12 bits per heavy atom. The van der Waals surface area contributed by atoms with Crippen molar-refractivity contribution in [1.82, 2.24) is 0 Å². The van der Waals surface area contributed by atoms with Crippen LogP contribution in [0.4, 0.5) is 0 Å². The zero-order valence-electron chi connectivity index (χ0n) is 11.0. The minimum absolute atomic E-state index is 0.290. The highest BCUT2D eigenvalue weighted by Gasteiger charge is 2.46. The summed E-state index contributed by atoms with van der Waals surface area (Å²) >= 11 is 0. The first-order valence-corrected chi connectivity index (χ1v) is 6.39. The standard InChI is InChI=1S/C13H22O4/c1-4-16-11(14)13(3,12(15)17-5-2)9-10-7-6-8-10/h10H,4-9H2,1-3H3. The molecule has 1 aliphatic carbocycles. The molecule has 17 heavy (non-hydrogen) atoms. The lowest BCUT2D eigenvalue weighted by molar-refractivity contribution is -0.172. The molecule has 0 bridgehead atoms. The Hall–Kier alpha value is -1.06. The molecule has 0 atom stereocenters. The largest absolute Gasteiger partial charge is 0.465 e. The van der Waals surface area contributed by atoms with E-state index < -0.39 is 17.4 Å². The highest BCUT2D eigenvalue weighted by atomic mass is 16.6. The third kappa shape index (κ3) is 3.20. The summed E-state index contributed by atoms with van der Waals surface area (Å²) in [6.07, 6.45) is 3.92. The normalized spacial score (nSPS) is 16.2. The average molecular weight is 242 g/mol. The van der Waals surface area contributed by atoms with Crippen molar-refractivity contribution in [2.75, 3.05) is 13.2 Å². The second-order valence-electron chi connectivity index (χ2n) is 4.77. The lowest BCUT2D eigenvalue weighted by Gasteiger charge is -2.33. The van der Waals surface area contributed by atoms with Crippen molar-refractivity contribution in [3.05, 3.63) is 0 Å². The molecule has 1 saturated carbocycles. The van der Waals surface area contributed by atoms with Crippen LogP contribution in [0.15, 0.2) is 0 Å². The summed E-state index contributed by atoms with van der Waals surface area (Å²) in [5.41, 5.74) is -1.13. The van der Waals surface area contributed by atoms with Gasteiger partial charge in [-0.3, -0.25) is 9.59 Å². The molecule has 0 unspecified atom stereocenters. The fourth-order valence-electron chi connectivity index (χ4n) is 2.11. The van der Waals surface area contributed by atoms with Crippen molar-refractivity contribution in [2.24, 2.45) is 11.3 Å². The molecular formula is C13H22O4. The average Bonchev–Trinajstić information content (AvgIpc) is 2.23. The minimum Gasteiger partial charge on any atom is -0.465 e. The Balaban J connectivity index is 2.73. The monoisotopic (exact) mass is 242 g/mol. The van der Waals surface area contributed by atoms with Gasteiger partial charge in [-0.2, -0.15) is 0 Å². The highest BCUT2D eigenvalue weighted by Crippen LogP contribution is 2.39. The smallest absolute Gasteiger partial charge is 0.323 e. The Labute approximate surface area is 103 Å². The van der Waals surface area contributed by atoms with E-state index in [1.54, 1.807) is 20.8 Å². The highest BCUT2D eigenvalue weighted by molar-refractivity contribution is 5.99. The van der Waals surface area contributed by atoms with Crippen LogP contribution in [-0.2, 0) is 19.1 Å². The first-order chi connectivity index (χ1) is 8.04. The summed E-state index contributed by atoms with van der Waals surface area (Å²) in [4.78, 5) is 23.9. The van der Waals surface area contributed by atoms with Crippen LogP contribution in [0, 0.1) is 11.3 Å². The molecule has 0 aliphatic heterocycles. The number of rotatable bonds is 6. The molecule has 0 spiro atoms. The fraction of sp³-hybridized carbons (Fsp3) is 0.846. The fourth-order valence-corrected chi connectivity index (χ4v) is 2.11. The molecule has 0 saturated heterocycles. The van der Waals surface area contributed by atoms with Gasteiger partial charge in [-0.1, -0.05) is 19.3 Å². The molecule has 0 N–H and O–H groups in total. The predicted molar refractivity (Wildman–Crippen MR) is 63.3 cm³/mol. The van der Waals surface area contributed by atoms with E-state index in [1.165, 1.54) is 6.42 Å². The van der Waals surface area contributed by atoms with E-state index in [1.807, 2.05) is 0 Å².